The van der Waals surface area contributed by atoms with Gasteiger partial charge in [0.2, 0.25) is 5.91 Å². The summed E-state index contributed by atoms with van der Waals surface area (Å²) >= 11 is 1.55. The molecule has 1 aliphatic rings. The van der Waals surface area contributed by atoms with E-state index in [1.165, 1.54) is 0 Å². The third-order valence-corrected chi connectivity index (χ3v) is 5.00. The third-order valence-electron chi connectivity index (χ3n) is 3.99. The number of para-hydroxylation sites is 1. The molecule has 1 atom stereocenters. The minimum atomic E-state index is -0.533. The highest BCUT2D eigenvalue weighted by Gasteiger charge is 2.23. The van der Waals surface area contributed by atoms with E-state index in [4.69, 9.17) is 9.47 Å². The van der Waals surface area contributed by atoms with Gasteiger partial charge >= 0.3 is 0 Å². The molecule has 2 amide bonds. The molecule has 27 heavy (non-hydrogen) atoms. The van der Waals surface area contributed by atoms with Gasteiger partial charge in [0.05, 0.1) is 22.5 Å². The van der Waals surface area contributed by atoms with Crippen LogP contribution >= 0.6 is 11.3 Å². The van der Waals surface area contributed by atoms with E-state index in [1.54, 1.807) is 36.5 Å². The summed E-state index contributed by atoms with van der Waals surface area (Å²) in [6.45, 7) is 1.86. The predicted molar refractivity (Wildman–Crippen MR) is 103 cm³/mol. The number of nitrogens with one attached hydrogen (secondary N) is 2. The zero-order chi connectivity index (χ0) is 18.8. The fourth-order valence-electron chi connectivity index (χ4n) is 2.70. The van der Waals surface area contributed by atoms with E-state index in [2.05, 4.69) is 15.6 Å². The summed E-state index contributed by atoms with van der Waals surface area (Å²) in [5.74, 6) is 0.0739. The number of ether oxygens (including phenoxy) is 2. The first-order valence-corrected chi connectivity index (χ1v) is 9.24. The molecule has 7 nitrogen and oxygen atoms in total. The van der Waals surface area contributed by atoms with Gasteiger partial charge in [0.1, 0.15) is 17.4 Å². The first kappa shape index (κ1) is 17.4. The van der Waals surface area contributed by atoms with Crippen LogP contribution in [0.5, 0.6) is 5.75 Å². The molecule has 0 saturated carbocycles. The van der Waals surface area contributed by atoms with Gasteiger partial charge in [-0.1, -0.05) is 12.1 Å². The summed E-state index contributed by atoms with van der Waals surface area (Å²) < 4.78 is 12.0. The molecule has 0 unspecified atom stereocenters. The number of rotatable bonds is 5. The molecule has 2 heterocycles. The number of anilines is 2. The van der Waals surface area contributed by atoms with Gasteiger partial charge in [-0.25, -0.2) is 4.98 Å². The lowest BCUT2D eigenvalue weighted by molar-refractivity contribution is -0.122. The topological polar surface area (TPSA) is 89.6 Å². The molecule has 3 aromatic rings. The van der Waals surface area contributed by atoms with Crippen LogP contribution in [0.25, 0.3) is 10.2 Å². The van der Waals surface area contributed by atoms with Crippen LogP contribution in [-0.4, -0.2) is 29.5 Å². The van der Waals surface area contributed by atoms with Gasteiger partial charge in [0.25, 0.3) is 5.91 Å². The normalized spacial score (nSPS) is 15.7. The van der Waals surface area contributed by atoms with Crippen LogP contribution in [0.15, 0.2) is 42.5 Å². The molecule has 0 bridgehead atoms. The molecular formula is C19H17N3O4S. The van der Waals surface area contributed by atoms with Gasteiger partial charge in [-0.3, -0.25) is 9.59 Å². The Labute approximate surface area is 159 Å². The fraction of sp³-hybridized carbons (Fsp3) is 0.211. The Morgan fingerprint density at radius 2 is 2.19 bits per heavy atom. The first-order chi connectivity index (χ1) is 13.1. The number of benzene rings is 2. The van der Waals surface area contributed by atoms with Crippen molar-refractivity contribution >= 4 is 44.7 Å². The summed E-state index contributed by atoms with van der Waals surface area (Å²) in [4.78, 5) is 28.2. The van der Waals surface area contributed by atoms with E-state index in [1.807, 2.05) is 24.3 Å². The summed E-state index contributed by atoms with van der Waals surface area (Å²) in [5, 5.41) is 6.32. The van der Waals surface area contributed by atoms with Crippen molar-refractivity contribution in [2.24, 2.45) is 0 Å². The van der Waals surface area contributed by atoms with Gasteiger partial charge in [-0.2, -0.15) is 0 Å². The number of fused-ring (bicyclic) bond motifs is 2. The van der Waals surface area contributed by atoms with E-state index in [-0.39, 0.29) is 25.0 Å². The Morgan fingerprint density at radius 3 is 3.04 bits per heavy atom. The van der Waals surface area contributed by atoms with Crippen LogP contribution in [0.1, 0.15) is 11.9 Å². The van der Waals surface area contributed by atoms with Crippen LogP contribution in [0, 0.1) is 0 Å². The minimum absolute atomic E-state index is 0.0904. The number of carbonyl (C=O) groups excluding carboxylic acids is 2. The Hall–Kier alpha value is -2.97. The summed E-state index contributed by atoms with van der Waals surface area (Å²) in [7, 11) is 0. The molecule has 2 N–H and O–H groups in total. The average Bonchev–Trinajstić information content (AvgIpc) is 3.05. The van der Waals surface area contributed by atoms with E-state index in [0.717, 1.165) is 15.2 Å². The number of amides is 2. The Kier molecular flexibility index (Phi) is 4.74. The number of aromatic nitrogens is 1. The lowest BCUT2D eigenvalue weighted by Crippen LogP contribution is -2.34. The third kappa shape index (κ3) is 3.91. The second-order valence-corrected chi connectivity index (χ2v) is 7.19. The lowest BCUT2D eigenvalue weighted by atomic mass is 10.2. The van der Waals surface area contributed by atoms with Crippen LogP contribution in [0.3, 0.4) is 0 Å². The van der Waals surface area contributed by atoms with Crippen LogP contribution in [0.4, 0.5) is 11.4 Å². The maximum absolute atomic E-state index is 12.1. The molecular weight excluding hydrogens is 366 g/mol. The average molecular weight is 383 g/mol. The standard InChI is InChI=1S/C19H17N3O4S/c1-11-19(24)22-14-8-12(6-7-15(14)26-11)20-17(23)9-25-10-18-21-13-4-2-3-5-16(13)27-18/h2-8,11H,9-10H2,1H3,(H,20,23)(H,22,24)/t11-/m0/s1. The Bertz CT molecular complexity index is 984. The number of carbonyl (C=O) groups is 2. The van der Waals surface area contributed by atoms with Gasteiger partial charge in [0.15, 0.2) is 6.10 Å². The van der Waals surface area contributed by atoms with Crippen molar-refractivity contribution in [3.63, 3.8) is 0 Å². The molecule has 0 saturated heterocycles. The first-order valence-electron chi connectivity index (χ1n) is 8.42. The van der Waals surface area contributed by atoms with E-state index in [0.29, 0.717) is 17.1 Å². The van der Waals surface area contributed by atoms with Crippen LogP contribution in [-0.2, 0) is 20.9 Å². The molecule has 1 aliphatic heterocycles. The second kappa shape index (κ2) is 7.34. The maximum atomic E-state index is 12.1. The smallest absolute Gasteiger partial charge is 0.265 e. The molecule has 0 fully saturated rings. The molecule has 4 rings (SSSR count). The van der Waals surface area contributed by atoms with Crippen LogP contribution < -0.4 is 15.4 Å². The van der Waals surface area contributed by atoms with Crippen molar-refractivity contribution < 1.29 is 19.1 Å². The highest BCUT2D eigenvalue weighted by Crippen LogP contribution is 2.32. The maximum Gasteiger partial charge on any atom is 0.265 e. The van der Waals surface area contributed by atoms with Gasteiger partial charge in [0, 0.05) is 5.69 Å². The zero-order valence-electron chi connectivity index (χ0n) is 14.5. The number of nitrogens with zero attached hydrogens (tertiary/aromatic N) is 1. The highest BCUT2D eigenvalue weighted by molar-refractivity contribution is 7.18. The fourth-order valence-corrected chi connectivity index (χ4v) is 3.60. The van der Waals surface area contributed by atoms with E-state index < -0.39 is 6.10 Å². The van der Waals surface area contributed by atoms with E-state index in [9.17, 15) is 9.59 Å². The lowest BCUT2D eigenvalue weighted by Gasteiger charge is -2.23. The summed E-state index contributed by atoms with van der Waals surface area (Å²) in [6.07, 6.45) is -0.533. The largest absolute Gasteiger partial charge is 0.479 e. The zero-order valence-corrected chi connectivity index (χ0v) is 15.3. The second-order valence-electron chi connectivity index (χ2n) is 6.08. The predicted octanol–water partition coefficient (Wildman–Crippen LogP) is 3.17. The Balaban J connectivity index is 1.31. The quantitative estimate of drug-likeness (QED) is 0.706. The molecule has 0 radical (unpaired) electrons. The van der Waals surface area contributed by atoms with Crippen molar-refractivity contribution in [1.82, 2.24) is 4.98 Å². The van der Waals surface area contributed by atoms with Gasteiger partial charge in [-0.15, -0.1) is 11.3 Å². The number of hydrogen-bond donors (Lipinski definition) is 2. The Morgan fingerprint density at radius 1 is 1.33 bits per heavy atom. The molecule has 0 aliphatic carbocycles. The van der Waals surface area contributed by atoms with Crippen molar-refractivity contribution in [3.05, 3.63) is 47.5 Å². The van der Waals surface area contributed by atoms with Crippen molar-refractivity contribution in [3.8, 4) is 5.75 Å². The summed E-state index contributed by atoms with van der Waals surface area (Å²) in [5.41, 5.74) is 2.02. The summed E-state index contributed by atoms with van der Waals surface area (Å²) in [6, 6.07) is 12.9. The number of thiazole rings is 1. The van der Waals surface area contributed by atoms with Crippen molar-refractivity contribution in [1.29, 1.82) is 0 Å². The van der Waals surface area contributed by atoms with Crippen molar-refractivity contribution in [2.75, 3.05) is 17.2 Å². The minimum Gasteiger partial charge on any atom is -0.479 e. The van der Waals surface area contributed by atoms with Crippen molar-refractivity contribution in [2.45, 2.75) is 19.6 Å². The SMILES string of the molecule is C[C@@H]1Oc2ccc(NC(=O)COCc3nc4ccccc4s3)cc2NC1=O. The molecule has 138 valence electrons. The van der Waals surface area contributed by atoms with Gasteiger partial charge in [-0.05, 0) is 37.3 Å². The molecule has 1 aromatic heterocycles. The van der Waals surface area contributed by atoms with E-state index >= 15 is 0 Å². The molecule has 0 spiro atoms. The monoisotopic (exact) mass is 383 g/mol. The van der Waals surface area contributed by atoms with Crippen LogP contribution in [0.2, 0.25) is 0 Å². The van der Waals surface area contributed by atoms with Gasteiger partial charge < -0.3 is 20.1 Å². The highest BCUT2D eigenvalue weighted by atomic mass is 32.1. The molecule has 2 aromatic carbocycles. The molecule has 8 heteroatoms. The number of hydrogen-bond acceptors (Lipinski definition) is 6.